The molecular formula is C13H13BrClNO3. The van der Waals surface area contributed by atoms with E-state index in [4.69, 9.17) is 31.2 Å². The lowest BCUT2D eigenvalue weighted by molar-refractivity contribution is 0.354. The second-order valence-corrected chi connectivity index (χ2v) is 4.98. The van der Waals surface area contributed by atoms with Gasteiger partial charge in [-0.05, 0) is 33.6 Å². The third kappa shape index (κ3) is 2.73. The molecule has 1 atom stereocenters. The van der Waals surface area contributed by atoms with E-state index in [1.807, 2.05) is 0 Å². The number of hydrogen-bond donors (Lipinski definition) is 1. The minimum Gasteiger partial charge on any atom is -0.493 e. The summed E-state index contributed by atoms with van der Waals surface area (Å²) in [5, 5.41) is 0.512. The molecule has 0 radical (unpaired) electrons. The van der Waals surface area contributed by atoms with Gasteiger partial charge in [-0.25, -0.2) is 0 Å². The largest absolute Gasteiger partial charge is 0.493 e. The quantitative estimate of drug-likeness (QED) is 0.916. The summed E-state index contributed by atoms with van der Waals surface area (Å²) >= 11 is 9.55. The zero-order chi connectivity index (χ0) is 14.0. The molecule has 4 nitrogen and oxygen atoms in total. The summed E-state index contributed by atoms with van der Waals surface area (Å²) in [5.41, 5.74) is 7.76. The average Bonchev–Trinajstić information content (AvgIpc) is 2.83. The molecule has 1 aromatic heterocycles. The van der Waals surface area contributed by atoms with Gasteiger partial charge in [0, 0.05) is 16.7 Å². The predicted octanol–water partition coefficient (Wildman–Crippen LogP) is 3.76. The molecule has 0 saturated carbocycles. The summed E-state index contributed by atoms with van der Waals surface area (Å²) in [5.74, 6) is 1.15. The van der Waals surface area contributed by atoms with Gasteiger partial charge in [0.2, 0.25) is 0 Å². The number of furan rings is 1. The smallest absolute Gasteiger partial charge is 0.174 e. The van der Waals surface area contributed by atoms with E-state index in [9.17, 15) is 0 Å². The monoisotopic (exact) mass is 345 g/mol. The lowest BCUT2D eigenvalue weighted by atomic mass is 10.0. The molecule has 1 heterocycles. The third-order valence-corrected chi connectivity index (χ3v) is 3.79. The van der Waals surface area contributed by atoms with Crippen molar-refractivity contribution in [1.82, 2.24) is 0 Å². The van der Waals surface area contributed by atoms with Crippen LogP contribution in [0.2, 0.25) is 5.02 Å². The second kappa shape index (κ2) is 5.86. The molecule has 0 aliphatic heterocycles. The van der Waals surface area contributed by atoms with Crippen LogP contribution in [-0.4, -0.2) is 14.2 Å². The summed E-state index contributed by atoms with van der Waals surface area (Å²) in [6.45, 7) is 0. The predicted molar refractivity (Wildman–Crippen MR) is 77.0 cm³/mol. The van der Waals surface area contributed by atoms with Gasteiger partial charge in [-0.2, -0.15) is 0 Å². The summed E-state index contributed by atoms with van der Waals surface area (Å²) < 4.78 is 16.2. The Bertz CT molecular complexity index is 585. The fourth-order valence-electron chi connectivity index (χ4n) is 1.80. The lowest BCUT2D eigenvalue weighted by Crippen LogP contribution is -2.12. The van der Waals surface area contributed by atoms with Gasteiger partial charge in [0.1, 0.15) is 0 Å². The maximum Gasteiger partial charge on any atom is 0.174 e. The molecule has 0 aliphatic carbocycles. The van der Waals surface area contributed by atoms with E-state index >= 15 is 0 Å². The molecule has 2 rings (SSSR count). The Morgan fingerprint density at radius 2 is 1.84 bits per heavy atom. The van der Waals surface area contributed by atoms with Crippen LogP contribution in [0.15, 0.2) is 33.5 Å². The molecule has 2 N–H and O–H groups in total. The van der Waals surface area contributed by atoms with Gasteiger partial charge < -0.3 is 19.6 Å². The fraction of sp³-hybridized carbons (Fsp3) is 0.231. The van der Waals surface area contributed by atoms with Crippen LogP contribution >= 0.6 is 27.5 Å². The summed E-state index contributed by atoms with van der Waals surface area (Å²) in [6, 6.07) is 4.83. The van der Waals surface area contributed by atoms with Crippen molar-refractivity contribution in [1.29, 1.82) is 0 Å². The van der Waals surface area contributed by atoms with Crippen LogP contribution in [0, 0.1) is 0 Å². The van der Waals surface area contributed by atoms with Crippen LogP contribution in [-0.2, 0) is 0 Å². The lowest BCUT2D eigenvalue weighted by Gasteiger charge is -2.16. The zero-order valence-corrected chi connectivity index (χ0v) is 12.8. The minimum atomic E-state index is -0.416. The fourth-order valence-corrected chi connectivity index (χ4v) is 2.56. The van der Waals surface area contributed by atoms with E-state index in [0.717, 1.165) is 11.1 Å². The third-order valence-electron chi connectivity index (χ3n) is 2.82. The molecule has 19 heavy (non-hydrogen) atoms. The van der Waals surface area contributed by atoms with Crippen LogP contribution < -0.4 is 15.2 Å². The van der Waals surface area contributed by atoms with E-state index < -0.39 is 6.04 Å². The van der Waals surface area contributed by atoms with Gasteiger partial charge >= 0.3 is 0 Å². The highest BCUT2D eigenvalue weighted by atomic mass is 79.9. The molecular weight excluding hydrogens is 334 g/mol. The first-order valence-electron chi connectivity index (χ1n) is 5.48. The molecule has 6 heteroatoms. The molecule has 0 fully saturated rings. The topological polar surface area (TPSA) is 57.6 Å². The van der Waals surface area contributed by atoms with E-state index in [2.05, 4.69) is 15.9 Å². The van der Waals surface area contributed by atoms with E-state index in [0.29, 0.717) is 21.2 Å². The molecule has 0 saturated heterocycles. The normalized spacial score (nSPS) is 12.3. The van der Waals surface area contributed by atoms with Crippen molar-refractivity contribution in [3.63, 3.8) is 0 Å². The highest BCUT2D eigenvalue weighted by Gasteiger charge is 2.20. The van der Waals surface area contributed by atoms with E-state index in [1.54, 1.807) is 38.7 Å². The van der Waals surface area contributed by atoms with Gasteiger partial charge in [-0.15, -0.1) is 0 Å². The van der Waals surface area contributed by atoms with Gasteiger partial charge in [0.15, 0.2) is 16.2 Å². The molecule has 1 aromatic carbocycles. The summed E-state index contributed by atoms with van der Waals surface area (Å²) in [6.07, 6.45) is 1.56. The second-order valence-electron chi connectivity index (χ2n) is 3.86. The Hall–Kier alpha value is -1.17. The zero-order valence-electron chi connectivity index (χ0n) is 10.4. The number of rotatable bonds is 4. The standard InChI is InChI=1S/C13H13BrClNO3/c1-17-10-5-8(9(15)6-11(10)18-2)12(16)7-3-4-19-13(7)14/h3-6,12H,16H2,1-2H3. The molecule has 0 amide bonds. The number of ether oxygens (including phenoxy) is 2. The molecule has 102 valence electrons. The Labute approximate surface area is 124 Å². The van der Waals surface area contributed by atoms with Crippen molar-refractivity contribution in [2.75, 3.05) is 14.2 Å². The van der Waals surface area contributed by atoms with Crippen molar-refractivity contribution >= 4 is 27.5 Å². The van der Waals surface area contributed by atoms with Crippen LogP contribution in [0.5, 0.6) is 11.5 Å². The number of halogens is 2. The Morgan fingerprint density at radius 3 is 2.37 bits per heavy atom. The molecule has 0 aliphatic rings. The number of nitrogens with two attached hydrogens (primary N) is 1. The maximum atomic E-state index is 6.24. The van der Waals surface area contributed by atoms with Gasteiger partial charge in [-0.3, -0.25) is 0 Å². The van der Waals surface area contributed by atoms with Crippen molar-refractivity contribution in [2.45, 2.75) is 6.04 Å². The first-order chi connectivity index (χ1) is 9.08. The van der Waals surface area contributed by atoms with Crippen LogP contribution in [0.1, 0.15) is 17.2 Å². The molecule has 0 spiro atoms. The maximum absolute atomic E-state index is 6.24. The van der Waals surface area contributed by atoms with E-state index in [1.165, 1.54) is 0 Å². The number of benzene rings is 1. The highest BCUT2D eigenvalue weighted by Crippen LogP contribution is 2.38. The highest BCUT2D eigenvalue weighted by molar-refractivity contribution is 9.10. The van der Waals surface area contributed by atoms with Crippen molar-refractivity contribution in [2.24, 2.45) is 5.73 Å². The molecule has 2 aromatic rings. The van der Waals surface area contributed by atoms with Crippen molar-refractivity contribution < 1.29 is 13.9 Å². The van der Waals surface area contributed by atoms with Crippen molar-refractivity contribution in [3.8, 4) is 11.5 Å². The number of methoxy groups -OCH3 is 2. The van der Waals surface area contributed by atoms with E-state index in [-0.39, 0.29) is 0 Å². The minimum absolute atomic E-state index is 0.416. The SMILES string of the molecule is COc1cc(Cl)c(C(N)c2ccoc2Br)cc1OC. The Morgan fingerprint density at radius 1 is 1.21 bits per heavy atom. The molecule has 0 bridgehead atoms. The summed E-state index contributed by atoms with van der Waals surface area (Å²) in [4.78, 5) is 0. The van der Waals surface area contributed by atoms with Crippen molar-refractivity contribution in [3.05, 3.63) is 45.3 Å². The average molecular weight is 347 g/mol. The van der Waals surface area contributed by atoms with Gasteiger partial charge in [0.25, 0.3) is 0 Å². The first-order valence-corrected chi connectivity index (χ1v) is 6.65. The van der Waals surface area contributed by atoms with Gasteiger partial charge in [-0.1, -0.05) is 11.6 Å². The Kier molecular flexibility index (Phi) is 4.39. The van der Waals surface area contributed by atoms with Crippen LogP contribution in [0.4, 0.5) is 0 Å². The number of hydrogen-bond acceptors (Lipinski definition) is 4. The van der Waals surface area contributed by atoms with Gasteiger partial charge in [0.05, 0.1) is 26.5 Å². The molecule has 1 unspecified atom stereocenters. The summed E-state index contributed by atoms with van der Waals surface area (Å²) in [7, 11) is 3.12. The van der Waals surface area contributed by atoms with Crippen LogP contribution in [0.3, 0.4) is 0 Å². The van der Waals surface area contributed by atoms with Crippen LogP contribution in [0.25, 0.3) is 0 Å². The first kappa shape index (κ1) is 14.2. The Balaban J connectivity index is 2.48.